The molecular formula is C21H32IN5O2S. The molecule has 2 aromatic rings. The molecule has 0 saturated carbocycles. The minimum atomic E-state index is -0.483. The van der Waals surface area contributed by atoms with Gasteiger partial charge in [-0.25, -0.2) is 14.8 Å². The third-order valence-electron chi connectivity index (χ3n) is 3.63. The van der Waals surface area contributed by atoms with Gasteiger partial charge in [0, 0.05) is 30.6 Å². The van der Waals surface area contributed by atoms with Crippen LogP contribution in [-0.4, -0.2) is 42.3 Å². The second-order valence-electron chi connectivity index (χ2n) is 7.41. The second-order valence-corrected chi connectivity index (χ2v) is 8.27. The Labute approximate surface area is 200 Å². The highest BCUT2D eigenvalue weighted by Crippen LogP contribution is 2.23. The van der Waals surface area contributed by atoms with Gasteiger partial charge in [0.25, 0.3) is 0 Å². The number of aromatic nitrogens is 1. The van der Waals surface area contributed by atoms with Crippen molar-refractivity contribution in [3.05, 3.63) is 41.4 Å². The van der Waals surface area contributed by atoms with E-state index in [0.29, 0.717) is 19.6 Å². The van der Waals surface area contributed by atoms with E-state index in [4.69, 9.17) is 4.74 Å². The summed E-state index contributed by atoms with van der Waals surface area (Å²) in [5, 5.41) is 12.3. The number of ether oxygens (including phenoxy) is 1. The summed E-state index contributed by atoms with van der Waals surface area (Å²) in [7, 11) is 0. The van der Waals surface area contributed by atoms with Crippen LogP contribution in [0.4, 0.5) is 4.79 Å². The van der Waals surface area contributed by atoms with Crippen molar-refractivity contribution < 1.29 is 9.53 Å². The molecule has 0 spiro atoms. The molecule has 0 aliphatic heterocycles. The standard InChI is InChI=1S/C21H31N5O2S.HI/c1-5-22-19(23-12-9-13-24-20(27)28-21(2,3)4)25-14-17-15-29-18(26-17)16-10-7-6-8-11-16;/h6-8,10-11,15H,5,9,12-14H2,1-4H3,(H,24,27)(H2,22,23,25);1H. The second kappa shape index (κ2) is 13.4. The molecule has 0 unspecified atom stereocenters. The van der Waals surface area contributed by atoms with Gasteiger partial charge in [0.1, 0.15) is 10.6 Å². The first-order chi connectivity index (χ1) is 13.9. The zero-order valence-corrected chi connectivity index (χ0v) is 21.2. The molecule has 1 aromatic carbocycles. The quantitative estimate of drug-likeness (QED) is 0.198. The van der Waals surface area contributed by atoms with Crippen molar-refractivity contribution in [2.24, 2.45) is 4.99 Å². The van der Waals surface area contributed by atoms with Gasteiger partial charge in [-0.1, -0.05) is 30.3 Å². The third-order valence-corrected chi connectivity index (χ3v) is 4.57. The summed E-state index contributed by atoms with van der Waals surface area (Å²) in [4.78, 5) is 20.9. The first kappa shape index (κ1) is 26.2. The van der Waals surface area contributed by atoms with Gasteiger partial charge in [0.15, 0.2) is 5.96 Å². The Hall–Kier alpha value is -1.88. The summed E-state index contributed by atoms with van der Waals surface area (Å²) in [6.45, 7) is 10.1. The highest BCUT2D eigenvalue weighted by molar-refractivity contribution is 14.0. The van der Waals surface area contributed by atoms with Crippen molar-refractivity contribution in [1.82, 2.24) is 20.9 Å². The highest BCUT2D eigenvalue weighted by Gasteiger charge is 2.15. The van der Waals surface area contributed by atoms with E-state index in [1.54, 1.807) is 11.3 Å². The van der Waals surface area contributed by atoms with Gasteiger partial charge in [0.05, 0.1) is 12.2 Å². The Balaban J connectivity index is 0.00000450. The van der Waals surface area contributed by atoms with Crippen LogP contribution in [0, 0.1) is 0 Å². The number of hydrogen-bond acceptors (Lipinski definition) is 5. The first-order valence-corrected chi connectivity index (χ1v) is 10.7. The van der Waals surface area contributed by atoms with Crippen LogP contribution in [0.15, 0.2) is 40.7 Å². The van der Waals surface area contributed by atoms with Crippen LogP contribution in [0.25, 0.3) is 10.6 Å². The van der Waals surface area contributed by atoms with Gasteiger partial charge in [-0.05, 0) is 34.1 Å². The maximum absolute atomic E-state index is 11.6. The fraction of sp³-hybridized carbons (Fsp3) is 0.476. The lowest BCUT2D eigenvalue weighted by Crippen LogP contribution is -2.39. The highest BCUT2D eigenvalue weighted by atomic mass is 127. The largest absolute Gasteiger partial charge is 0.444 e. The summed E-state index contributed by atoms with van der Waals surface area (Å²) in [5.41, 5.74) is 1.58. The number of nitrogens with one attached hydrogen (secondary N) is 3. The smallest absolute Gasteiger partial charge is 0.407 e. The van der Waals surface area contributed by atoms with Gasteiger partial charge in [-0.2, -0.15) is 0 Å². The molecular weight excluding hydrogens is 513 g/mol. The Morgan fingerprint density at radius 3 is 2.50 bits per heavy atom. The normalized spacial score (nSPS) is 11.4. The molecule has 0 atom stereocenters. The molecule has 9 heteroatoms. The fourth-order valence-corrected chi connectivity index (χ4v) is 3.21. The fourth-order valence-electron chi connectivity index (χ4n) is 2.39. The van der Waals surface area contributed by atoms with Crippen molar-refractivity contribution >= 4 is 47.4 Å². The molecule has 1 amide bonds. The number of alkyl carbamates (subject to hydrolysis) is 1. The molecule has 0 bridgehead atoms. The molecule has 30 heavy (non-hydrogen) atoms. The Bertz CT molecular complexity index is 790. The number of hydrogen-bond donors (Lipinski definition) is 3. The Kier molecular flexibility index (Phi) is 11.7. The molecule has 0 aliphatic rings. The van der Waals surface area contributed by atoms with Gasteiger partial charge in [-0.15, -0.1) is 35.3 Å². The number of benzene rings is 1. The molecule has 0 radical (unpaired) electrons. The molecule has 0 fully saturated rings. The molecule has 2 rings (SSSR count). The SMILES string of the molecule is CCNC(=NCc1csc(-c2ccccc2)n1)NCCCNC(=O)OC(C)(C)C.I. The lowest BCUT2D eigenvalue weighted by atomic mass is 10.2. The van der Waals surface area contributed by atoms with E-state index in [2.05, 4.69) is 38.1 Å². The van der Waals surface area contributed by atoms with Gasteiger partial charge >= 0.3 is 6.09 Å². The van der Waals surface area contributed by atoms with E-state index in [-0.39, 0.29) is 24.0 Å². The van der Waals surface area contributed by atoms with Crippen molar-refractivity contribution in [2.45, 2.75) is 46.3 Å². The van der Waals surface area contributed by atoms with Gasteiger partial charge in [-0.3, -0.25) is 0 Å². The van der Waals surface area contributed by atoms with E-state index in [1.165, 1.54) is 0 Å². The number of amides is 1. The number of carbonyl (C=O) groups excluding carboxylic acids is 1. The third kappa shape index (κ3) is 10.2. The van der Waals surface area contributed by atoms with Gasteiger partial charge in [0.2, 0.25) is 0 Å². The van der Waals surface area contributed by atoms with Crippen molar-refractivity contribution in [1.29, 1.82) is 0 Å². The Morgan fingerprint density at radius 2 is 1.83 bits per heavy atom. The summed E-state index contributed by atoms with van der Waals surface area (Å²) in [5.74, 6) is 0.735. The number of guanidine groups is 1. The number of halogens is 1. The van der Waals surface area contributed by atoms with E-state index in [1.807, 2.05) is 51.3 Å². The van der Waals surface area contributed by atoms with Crippen LogP contribution in [0.3, 0.4) is 0 Å². The van der Waals surface area contributed by atoms with Crippen molar-refractivity contribution in [3.8, 4) is 10.6 Å². The predicted octanol–water partition coefficient (Wildman–Crippen LogP) is 4.40. The molecule has 7 nitrogen and oxygen atoms in total. The number of carbonyl (C=O) groups is 1. The zero-order chi connectivity index (χ0) is 21.1. The van der Waals surface area contributed by atoms with Crippen LogP contribution in [0.1, 0.15) is 39.8 Å². The van der Waals surface area contributed by atoms with Crippen LogP contribution >= 0.6 is 35.3 Å². The molecule has 1 heterocycles. The monoisotopic (exact) mass is 545 g/mol. The maximum Gasteiger partial charge on any atom is 0.407 e. The van der Waals surface area contributed by atoms with Crippen LogP contribution in [0.2, 0.25) is 0 Å². The average molecular weight is 545 g/mol. The van der Waals surface area contributed by atoms with Gasteiger partial charge < -0.3 is 20.7 Å². The number of aliphatic imine (C=N–C) groups is 1. The molecule has 166 valence electrons. The lowest BCUT2D eigenvalue weighted by molar-refractivity contribution is 0.0527. The minimum absolute atomic E-state index is 0. The molecule has 0 aliphatic carbocycles. The number of rotatable bonds is 8. The summed E-state index contributed by atoms with van der Waals surface area (Å²) < 4.78 is 5.21. The molecule has 3 N–H and O–H groups in total. The van der Waals surface area contributed by atoms with Crippen LogP contribution in [-0.2, 0) is 11.3 Å². The topological polar surface area (TPSA) is 87.6 Å². The van der Waals surface area contributed by atoms with E-state index in [9.17, 15) is 4.79 Å². The van der Waals surface area contributed by atoms with E-state index >= 15 is 0 Å². The lowest BCUT2D eigenvalue weighted by Gasteiger charge is -2.19. The Morgan fingerprint density at radius 1 is 1.13 bits per heavy atom. The van der Waals surface area contributed by atoms with E-state index in [0.717, 1.165) is 35.2 Å². The molecule has 0 saturated heterocycles. The first-order valence-electron chi connectivity index (χ1n) is 9.86. The predicted molar refractivity (Wildman–Crippen MR) is 135 cm³/mol. The average Bonchev–Trinajstić information content (AvgIpc) is 3.14. The summed E-state index contributed by atoms with van der Waals surface area (Å²) in [6, 6.07) is 10.1. The summed E-state index contributed by atoms with van der Waals surface area (Å²) >= 11 is 1.63. The zero-order valence-electron chi connectivity index (χ0n) is 18.0. The molecule has 1 aromatic heterocycles. The minimum Gasteiger partial charge on any atom is -0.444 e. The number of thiazole rings is 1. The van der Waals surface area contributed by atoms with Crippen molar-refractivity contribution in [2.75, 3.05) is 19.6 Å². The van der Waals surface area contributed by atoms with E-state index < -0.39 is 11.7 Å². The maximum atomic E-state index is 11.6. The van der Waals surface area contributed by atoms with Crippen LogP contribution in [0.5, 0.6) is 0 Å². The van der Waals surface area contributed by atoms with Crippen LogP contribution < -0.4 is 16.0 Å². The number of nitrogens with zero attached hydrogens (tertiary/aromatic N) is 2. The van der Waals surface area contributed by atoms with Crippen molar-refractivity contribution in [3.63, 3.8) is 0 Å². The summed E-state index contributed by atoms with van der Waals surface area (Å²) in [6.07, 6.45) is 0.370.